The van der Waals surface area contributed by atoms with E-state index in [0.29, 0.717) is 25.2 Å². The predicted molar refractivity (Wildman–Crippen MR) is 160 cm³/mol. The summed E-state index contributed by atoms with van der Waals surface area (Å²) in [5, 5.41) is 1.18. The molecule has 204 valence electrons. The second-order valence-electron chi connectivity index (χ2n) is 11.8. The number of carbonyl (C=O) groups excluding carboxylic acids is 2. The summed E-state index contributed by atoms with van der Waals surface area (Å²) in [5.74, 6) is 0.0946. The molecule has 0 radical (unpaired) electrons. The van der Waals surface area contributed by atoms with Crippen LogP contribution in [0.5, 0.6) is 0 Å². The van der Waals surface area contributed by atoms with Gasteiger partial charge in [0.05, 0.1) is 0 Å². The second kappa shape index (κ2) is 12.3. The largest absolute Gasteiger partial charge is 0.361 e. The van der Waals surface area contributed by atoms with Crippen molar-refractivity contribution < 1.29 is 9.59 Å². The lowest BCUT2D eigenvalue weighted by molar-refractivity contribution is -0.132. The van der Waals surface area contributed by atoms with Crippen LogP contribution in [0.3, 0.4) is 0 Å². The third kappa shape index (κ3) is 7.38. The maximum Gasteiger partial charge on any atom is 0.254 e. The Labute approximate surface area is 232 Å². The Morgan fingerprint density at radius 1 is 0.846 bits per heavy atom. The molecule has 0 atom stereocenters. The number of rotatable bonds is 10. The molecule has 0 saturated carbocycles. The number of H-pyrrole nitrogens is 1. The summed E-state index contributed by atoms with van der Waals surface area (Å²) in [5.41, 5.74) is 5.16. The first kappa shape index (κ1) is 28.2. The van der Waals surface area contributed by atoms with E-state index in [1.165, 1.54) is 16.5 Å². The number of para-hydroxylation sites is 1. The van der Waals surface area contributed by atoms with Crippen LogP contribution in [0.4, 0.5) is 0 Å². The lowest BCUT2D eigenvalue weighted by Gasteiger charge is -2.29. The number of hydrogen-bond acceptors (Lipinski definition) is 2. The molecular weight excluding hydrogens is 482 g/mol. The molecule has 2 amide bonds. The van der Waals surface area contributed by atoms with Gasteiger partial charge in [0.1, 0.15) is 6.54 Å². The third-order valence-corrected chi connectivity index (χ3v) is 7.09. The van der Waals surface area contributed by atoms with Crippen molar-refractivity contribution >= 4 is 22.7 Å². The van der Waals surface area contributed by atoms with Gasteiger partial charge in [-0.25, -0.2) is 0 Å². The molecule has 5 nitrogen and oxygen atoms in total. The first-order valence-corrected chi connectivity index (χ1v) is 13.9. The molecule has 0 aliphatic heterocycles. The minimum atomic E-state index is -0.103. The molecular formula is C34H41N3O2. The number of amides is 2. The molecule has 0 saturated heterocycles. The average molecular weight is 524 g/mol. The number of hydrogen-bond donors (Lipinski definition) is 1. The first-order valence-electron chi connectivity index (χ1n) is 13.9. The number of aromatic nitrogens is 1. The van der Waals surface area contributed by atoms with Crippen LogP contribution in [-0.2, 0) is 23.2 Å². The van der Waals surface area contributed by atoms with E-state index in [0.717, 1.165) is 17.5 Å². The summed E-state index contributed by atoms with van der Waals surface area (Å²) in [6.45, 7) is 12.3. The Bertz CT molecular complexity index is 1380. The van der Waals surface area contributed by atoms with E-state index in [1.807, 2.05) is 77.8 Å². The van der Waals surface area contributed by atoms with Gasteiger partial charge in [-0.1, -0.05) is 95.3 Å². The van der Waals surface area contributed by atoms with Crippen molar-refractivity contribution in [3.63, 3.8) is 0 Å². The molecule has 0 unspecified atom stereocenters. The van der Waals surface area contributed by atoms with E-state index in [2.05, 4.69) is 51.7 Å². The van der Waals surface area contributed by atoms with Crippen LogP contribution in [-0.4, -0.2) is 46.2 Å². The minimum Gasteiger partial charge on any atom is -0.361 e. The minimum absolute atomic E-state index is 0.0118. The standard InChI is InChI=1S/C34H41N3O2/c1-25(2)22-37(33(39)27-15-17-29(18-16-27)34(3,4)5)24-32(38)36(23-26-11-7-6-8-12-26)20-19-28-21-35-31-14-10-9-13-30(28)31/h6-18,21,25,35H,19-20,22-24H2,1-5H3. The number of nitrogens with one attached hydrogen (secondary N) is 1. The Morgan fingerprint density at radius 2 is 1.51 bits per heavy atom. The lowest BCUT2D eigenvalue weighted by Crippen LogP contribution is -2.44. The highest BCUT2D eigenvalue weighted by Gasteiger charge is 2.24. The highest BCUT2D eigenvalue weighted by molar-refractivity contribution is 5.96. The van der Waals surface area contributed by atoms with Gasteiger partial charge >= 0.3 is 0 Å². The molecule has 0 fully saturated rings. The number of fused-ring (bicyclic) bond motifs is 1. The quantitative estimate of drug-likeness (QED) is 0.248. The van der Waals surface area contributed by atoms with Crippen molar-refractivity contribution in [1.29, 1.82) is 0 Å². The van der Waals surface area contributed by atoms with Crippen LogP contribution in [0.2, 0.25) is 0 Å². The Hall–Kier alpha value is -3.86. The molecule has 0 aliphatic carbocycles. The van der Waals surface area contributed by atoms with Crippen molar-refractivity contribution in [3.05, 3.63) is 107 Å². The molecule has 1 N–H and O–H groups in total. The van der Waals surface area contributed by atoms with E-state index in [1.54, 1.807) is 4.90 Å². The molecule has 4 rings (SSSR count). The molecule has 3 aromatic carbocycles. The van der Waals surface area contributed by atoms with Gasteiger partial charge in [-0.3, -0.25) is 9.59 Å². The number of carbonyl (C=O) groups is 2. The van der Waals surface area contributed by atoms with Gasteiger partial charge in [0.15, 0.2) is 0 Å². The third-order valence-electron chi connectivity index (χ3n) is 7.09. The van der Waals surface area contributed by atoms with Crippen LogP contribution < -0.4 is 0 Å². The van der Waals surface area contributed by atoms with E-state index < -0.39 is 0 Å². The number of nitrogens with zero attached hydrogens (tertiary/aromatic N) is 2. The molecule has 0 aliphatic rings. The second-order valence-corrected chi connectivity index (χ2v) is 11.8. The maximum absolute atomic E-state index is 13.8. The molecule has 1 aromatic heterocycles. The predicted octanol–water partition coefficient (Wildman–Crippen LogP) is 6.84. The van der Waals surface area contributed by atoms with Crippen LogP contribution in [0.15, 0.2) is 85.1 Å². The van der Waals surface area contributed by atoms with E-state index in [9.17, 15) is 9.59 Å². The van der Waals surface area contributed by atoms with Gasteiger partial charge < -0.3 is 14.8 Å². The van der Waals surface area contributed by atoms with Gasteiger partial charge in [-0.2, -0.15) is 0 Å². The summed E-state index contributed by atoms with van der Waals surface area (Å²) < 4.78 is 0. The van der Waals surface area contributed by atoms with Crippen LogP contribution in [0.1, 0.15) is 61.7 Å². The van der Waals surface area contributed by atoms with Crippen molar-refractivity contribution in [3.8, 4) is 0 Å². The van der Waals surface area contributed by atoms with Gasteiger partial charge in [-0.15, -0.1) is 0 Å². The monoisotopic (exact) mass is 523 g/mol. The first-order chi connectivity index (χ1) is 18.6. The fourth-order valence-electron chi connectivity index (χ4n) is 4.91. The Kier molecular flexibility index (Phi) is 8.90. The van der Waals surface area contributed by atoms with Crippen LogP contribution in [0, 0.1) is 5.92 Å². The Morgan fingerprint density at radius 3 is 2.18 bits per heavy atom. The van der Waals surface area contributed by atoms with Crippen LogP contribution in [0.25, 0.3) is 10.9 Å². The topological polar surface area (TPSA) is 56.4 Å². The van der Waals surface area contributed by atoms with E-state index >= 15 is 0 Å². The molecule has 4 aromatic rings. The van der Waals surface area contributed by atoms with Gasteiger partial charge in [0.2, 0.25) is 5.91 Å². The zero-order chi connectivity index (χ0) is 28.0. The van der Waals surface area contributed by atoms with Crippen molar-refractivity contribution in [2.24, 2.45) is 5.92 Å². The van der Waals surface area contributed by atoms with Gasteiger partial charge in [-0.05, 0) is 52.6 Å². The normalized spacial score (nSPS) is 11.6. The number of benzene rings is 3. The zero-order valence-electron chi connectivity index (χ0n) is 23.9. The van der Waals surface area contributed by atoms with Gasteiger partial charge in [0.25, 0.3) is 5.91 Å². The summed E-state index contributed by atoms with van der Waals surface area (Å²) in [6.07, 6.45) is 2.76. The smallest absolute Gasteiger partial charge is 0.254 e. The molecule has 1 heterocycles. The van der Waals surface area contributed by atoms with Crippen LogP contribution >= 0.6 is 0 Å². The fourth-order valence-corrected chi connectivity index (χ4v) is 4.91. The zero-order valence-corrected chi connectivity index (χ0v) is 23.9. The van der Waals surface area contributed by atoms with Crippen molar-refractivity contribution in [2.75, 3.05) is 19.6 Å². The van der Waals surface area contributed by atoms with Crippen molar-refractivity contribution in [2.45, 2.75) is 53.0 Å². The molecule has 5 heteroatoms. The van der Waals surface area contributed by atoms with Crippen molar-refractivity contribution in [1.82, 2.24) is 14.8 Å². The van der Waals surface area contributed by atoms with Gasteiger partial charge in [0, 0.05) is 42.3 Å². The number of aromatic amines is 1. The van der Waals surface area contributed by atoms with E-state index in [4.69, 9.17) is 0 Å². The molecule has 0 bridgehead atoms. The maximum atomic E-state index is 13.8. The summed E-state index contributed by atoms with van der Waals surface area (Å²) in [7, 11) is 0. The van der Waals surface area contributed by atoms with E-state index in [-0.39, 0.29) is 29.7 Å². The average Bonchev–Trinajstić information content (AvgIpc) is 3.33. The fraction of sp³-hybridized carbons (Fsp3) is 0.353. The summed E-state index contributed by atoms with van der Waals surface area (Å²) >= 11 is 0. The highest BCUT2D eigenvalue weighted by atomic mass is 16.2. The lowest BCUT2D eigenvalue weighted by atomic mass is 9.86. The summed E-state index contributed by atoms with van der Waals surface area (Å²) in [4.78, 5) is 34.3. The summed E-state index contributed by atoms with van der Waals surface area (Å²) in [6, 6.07) is 26.1. The molecule has 0 spiro atoms. The molecule has 39 heavy (non-hydrogen) atoms. The Balaban J connectivity index is 1.54. The SMILES string of the molecule is CC(C)CN(CC(=O)N(CCc1c[nH]c2ccccc12)Cc1ccccc1)C(=O)c1ccc(C(C)(C)C)cc1. The highest BCUT2D eigenvalue weighted by Crippen LogP contribution is 2.23.